The van der Waals surface area contributed by atoms with Crippen LogP contribution in [0.25, 0.3) is 11.2 Å². The van der Waals surface area contributed by atoms with Crippen LogP contribution >= 0.6 is 0 Å². The lowest BCUT2D eigenvalue weighted by Gasteiger charge is -2.08. The maximum absolute atomic E-state index is 5.75. The Morgan fingerprint density at radius 2 is 2.05 bits per heavy atom. The van der Waals surface area contributed by atoms with Crippen molar-refractivity contribution in [2.75, 3.05) is 0 Å². The van der Waals surface area contributed by atoms with Crippen LogP contribution in [0.3, 0.4) is 0 Å². The fourth-order valence-electron chi connectivity index (χ4n) is 1.90. The minimum Gasteiger partial charge on any atom is -0.484 e. The van der Waals surface area contributed by atoms with Gasteiger partial charge in [-0.3, -0.25) is 0 Å². The number of aryl methyl sites for hydroxylation is 1. The van der Waals surface area contributed by atoms with Crippen LogP contribution < -0.4 is 4.74 Å². The molecule has 0 bridgehead atoms. The number of oxazole rings is 1. The van der Waals surface area contributed by atoms with Crippen LogP contribution in [0.15, 0.2) is 40.9 Å². The van der Waals surface area contributed by atoms with Gasteiger partial charge in [-0.05, 0) is 43.2 Å². The molecule has 0 unspecified atom stereocenters. The predicted octanol–water partition coefficient (Wildman–Crippen LogP) is 3.42. The molecule has 0 saturated heterocycles. The average molecular weight is 254 g/mol. The summed E-state index contributed by atoms with van der Waals surface area (Å²) in [5.41, 5.74) is 3.64. The zero-order valence-electron chi connectivity index (χ0n) is 10.9. The fourth-order valence-corrected chi connectivity index (χ4v) is 1.90. The second-order valence-corrected chi connectivity index (χ2v) is 4.42. The van der Waals surface area contributed by atoms with E-state index in [0.29, 0.717) is 23.7 Å². The Hall–Kier alpha value is -2.36. The average Bonchev–Trinajstić information content (AvgIpc) is 2.83. The standard InChI is InChI=1S/C15H14N2O2/c1-10-5-3-6-12(11(10)2)18-9-14-17-15-13(19-14)7-4-8-16-15/h3-8H,9H2,1-2H3. The number of pyridine rings is 1. The maximum atomic E-state index is 5.75. The summed E-state index contributed by atoms with van der Waals surface area (Å²) >= 11 is 0. The Balaban J connectivity index is 1.80. The first kappa shape index (κ1) is 11.7. The zero-order valence-corrected chi connectivity index (χ0v) is 10.9. The lowest BCUT2D eigenvalue weighted by atomic mass is 10.1. The van der Waals surface area contributed by atoms with E-state index < -0.39 is 0 Å². The fraction of sp³-hybridized carbons (Fsp3) is 0.200. The molecule has 96 valence electrons. The third-order valence-corrected chi connectivity index (χ3v) is 3.12. The number of ether oxygens (including phenoxy) is 1. The molecular weight excluding hydrogens is 240 g/mol. The normalized spacial score (nSPS) is 10.8. The van der Waals surface area contributed by atoms with Crippen LogP contribution in [-0.4, -0.2) is 9.97 Å². The summed E-state index contributed by atoms with van der Waals surface area (Å²) in [7, 11) is 0. The number of rotatable bonds is 3. The van der Waals surface area contributed by atoms with Crippen molar-refractivity contribution < 1.29 is 9.15 Å². The Labute approximate surface area is 111 Å². The van der Waals surface area contributed by atoms with E-state index in [4.69, 9.17) is 9.15 Å². The van der Waals surface area contributed by atoms with Crippen molar-refractivity contribution in [3.05, 3.63) is 53.5 Å². The first-order valence-corrected chi connectivity index (χ1v) is 6.13. The van der Waals surface area contributed by atoms with Crippen LogP contribution in [0.5, 0.6) is 5.75 Å². The van der Waals surface area contributed by atoms with Crippen molar-refractivity contribution in [2.24, 2.45) is 0 Å². The van der Waals surface area contributed by atoms with E-state index in [0.717, 1.165) is 11.3 Å². The first-order chi connectivity index (χ1) is 9.24. The highest BCUT2D eigenvalue weighted by Gasteiger charge is 2.08. The second kappa shape index (κ2) is 4.72. The molecule has 2 heterocycles. The highest BCUT2D eigenvalue weighted by Crippen LogP contribution is 2.22. The number of benzene rings is 1. The summed E-state index contributed by atoms with van der Waals surface area (Å²) < 4.78 is 11.3. The smallest absolute Gasteiger partial charge is 0.235 e. The molecule has 0 atom stereocenters. The molecule has 0 aliphatic heterocycles. The minimum atomic E-state index is 0.306. The highest BCUT2D eigenvalue weighted by molar-refractivity contribution is 5.66. The Morgan fingerprint density at radius 3 is 2.89 bits per heavy atom. The van der Waals surface area contributed by atoms with Crippen molar-refractivity contribution in [1.29, 1.82) is 0 Å². The van der Waals surface area contributed by atoms with Gasteiger partial charge in [-0.2, -0.15) is 4.98 Å². The minimum absolute atomic E-state index is 0.306. The Kier molecular flexibility index (Phi) is 2.91. The van der Waals surface area contributed by atoms with Crippen molar-refractivity contribution in [3.63, 3.8) is 0 Å². The van der Waals surface area contributed by atoms with Gasteiger partial charge >= 0.3 is 0 Å². The van der Waals surface area contributed by atoms with E-state index in [2.05, 4.69) is 23.0 Å². The molecular formula is C15H14N2O2. The molecule has 0 N–H and O–H groups in total. The monoisotopic (exact) mass is 254 g/mol. The van der Waals surface area contributed by atoms with Gasteiger partial charge in [-0.15, -0.1) is 0 Å². The van der Waals surface area contributed by atoms with E-state index >= 15 is 0 Å². The SMILES string of the molecule is Cc1cccc(OCc2nc3ncccc3o2)c1C. The summed E-state index contributed by atoms with van der Waals surface area (Å²) in [4.78, 5) is 8.41. The van der Waals surface area contributed by atoms with Crippen molar-refractivity contribution in [2.45, 2.75) is 20.5 Å². The summed E-state index contributed by atoms with van der Waals surface area (Å²) in [5.74, 6) is 1.39. The molecule has 0 amide bonds. The Morgan fingerprint density at radius 1 is 1.16 bits per heavy atom. The van der Waals surface area contributed by atoms with Gasteiger partial charge in [0.1, 0.15) is 5.75 Å². The van der Waals surface area contributed by atoms with Crippen molar-refractivity contribution >= 4 is 11.2 Å². The summed E-state index contributed by atoms with van der Waals surface area (Å²) in [5, 5.41) is 0. The van der Waals surface area contributed by atoms with E-state index in [1.807, 2.05) is 31.2 Å². The molecule has 3 aromatic rings. The van der Waals surface area contributed by atoms with Crippen LogP contribution in [0.2, 0.25) is 0 Å². The van der Waals surface area contributed by atoms with E-state index in [1.165, 1.54) is 5.56 Å². The molecule has 0 saturated carbocycles. The molecule has 0 spiro atoms. The second-order valence-electron chi connectivity index (χ2n) is 4.42. The molecule has 1 aromatic carbocycles. The lowest BCUT2D eigenvalue weighted by molar-refractivity contribution is 0.265. The summed E-state index contributed by atoms with van der Waals surface area (Å²) in [6.45, 7) is 4.41. The van der Waals surface area contributed by atoms with Gasteiger partial charge in [-0.1, -0.05) is 12.1 Å². The number of aromatic nitrogens is 2. The topological polar surface area (TPSA) is 48.2 Å². The van der Waals surface area contributed by atoms with Crippen LogP contribution in [-0.2, 0) is 6.61 Å². The molecule has 2 aromatic heterocycles. The van der Waals surface area contributed by atoms with Gasteiger partial charge < -0.3 is 9.15 Å². The van der Waals surface area contributed by atoms with Crippen molar-refractivity contribution in [3.8, 4) is 5.75 Å². The van der Waals surface area contributed by atoms with Gasteiger partial charge in [0.05, 0.1) is 0 Å². The molecule has 4 nitrogen and oxygen atoms in total. The lowest BCUT2D eigenvalue weighted by Crippen LogP contribution is -1.98. The molecule has 3 rings (SSSR count). The molecule has 0 fully saturated rings. The predicted molar refractivity (Wildman–Crippen MR) is 72.1 cm³/mol. The van der Waals surface area contributed by atoms with Crippen LogP contribution in [0.4, 0.5) is 0 Å². The molecule has 0 aliphatic carbocycles. The van der Waals surface area contributed by atoms with Crippen LogP contribution in [0, 0.1) is 13.8 Å². The maximum Gasteiger partial charge on any atom is 0.235 e. The van der Waals surface area contributed by atoms with Gasteiger partial charge in [-0.25, -0.2) is 4.98 Å². The third-order valence-electron chi connectivity index (χ3n) is 3.12. The molecule has 0 aliphatic rings. The number of fused-ring (bicyclic) bond motifs is 1. The first-order valence-electron chi connectivity index (χ1n) is 6.13. The summed E-state index contributed by atoms with van der Waals surface area (Å²) in [6.07, 6.45) is 1.69. The van der Waals surface area contributed by atoms with Crippen molar-refractivity contribution in [1.82, 2.24) is 9.97 Å². The van der Waals surface area contributed by atoms with E-state index in [9.17, 15) is 0 Å². The number of hydrogen-bond donors (Lipinski definition) is 0. The largest absolute Gasteiger partial charge is 0.484 e. The highest BCUT2D eigenvalue weighted by atomic mass is 16.5. The third kappa shape index (κ3) is 2.29. The van der Waals surface area contributed by atoms with Gasteiger partial charge in [0.25, 0.3) is 0 Å². The molecule has 19 heavy (non-hydrogen) atoms. The zero-order chi connectivity index (χ0) is 13.2. The van der Waals surface area contributed by atoms with Gasteiger partial charge in [0.2, 0.25) is 5.89 Å². The van der Waals surface area contributed by atoms with Crippen LogP contribution in [0.1, 0.15) is 17.0 Å². The molecule has 4 heteroatoms. The number of nitrogens with zero attached hydrogens (tertiary/aromatic N) is 2. The van der Waals surface area contributed by atoms with E-state index in [-0.39, 0.29) is 0 Å². The molecule has 0 radical (unpaired) electrons. The Bertz CT molecular complexity index is 686. The van der Waals surface area contributed by atoms with Gasteiger partial charge in [0.15, 0.2) is 17.8 Å². The number of hydrogen-bond acceptors (Lipinski definition) is 4. The van der Waals surface area contributed by atoms with E-state index in [1.54, 1.807) is 6.20 Å². The van der Waals surface area contributed by atoms with Gasteiger partial charge in [0, 0.05) is 6.20 Å². The quantitative estimate of drug-likeness (QED) is 0.718. The summed E-state index contributed by atoms with van der Waals surface area (Å²) in [6, 6.07) is 9.65.